The van der Waals surface area contributed by atoms with Crippen LogP contribution in [-0.2, 0) is 11.2 Å². The highest BCUT2D eigenvalue weighted by atomic mass is 79.9. The summed E-state index contributed by atoms with van der Waals surface area (Å²) in [5.74, 6) is 0. The van der Waals surface area contributed by atoms with Gasteiger partial charge < -0.3 is 9.84 Å². The van der Waals surface area contributed by atoms with Gasteiger partial charge in [-0.2, -0.15) is 0 Å². The van der Waals surface area contributed by atoms with E-state index in [1.807, 2.05) is 11.4 Å². The van der Waals surface area contributed by atoms with E-state index in [0.717, 1.165) is 37.1 Å². The van der Waals surface area contributed by atoms with Crippen LogP contribution in [0.1, 0.15) is 18.2 Å². The highest BCUT2D eigenvalue weighted by molar-refractivity contribution is 9.10. The third-order valence-corrected chi connectivity index (χ3v) is 5.18. The molecule has 5 heteroatoms. The number of ether oxygens (including phenoxy) is 1. The third kappa shape index (κ3) is 3.78. The van der Waals surface area contributed by atoms with Crippen LogP contribution in [0.5, 0.6) is 0 Å². The molecule has 0 spiro atoms. The van der Waals surface area contributed by atoms with E-state index in [1.54, 1.807) is 11.3 Å². The number of hydrogen-bond acceptors (Lipinski definition) is 4. The maximum atomic E-state index is 10.3. The summed E-state index contributed by atoms with van der Waals surface area (Å²) in [6, 6.07) is 2.03. The summed E-state index contributed by atoms with van der Waals surface area (Å²) in [5, 5.41) is 12.3. The minimum atomic E-state index is -0.417. The zero-order valence-corrected chi connectivity index (χ0v) is 13.0. The lowest BCUT2D eigenvalue weighted by Crippen LogP contribution is -2.48. The van der Waals surface area contributed by atoms with Gasteiger partial charge in [0.2, 0.25) is 0 Å². The van der Waals surface area contributed by atoms with E-state index in [2.05, 4.69) is 27.8 Å². The van der Waals surface area contributed by atoms with E-state index in [-0.39, 0.29) is 6.10 Å². The Morgan fingerprint density at radius 1 is 1.67 bits per heavy atom. The predicted octanol–water partition coefficient (Wildman–Crippen LogP) is 2.52. The summed E-state index contributed by atoms with van der Waals surface area (Å²) in [7, 11) is 0. The van der Waals surface area contributed by atoms with Gasteiger partial charge >= 0.3 is 0 Å². The quantitative estimate of drug-likeness (QED) is 0.898. The van der Waals surface area contributed by atoms with Crippen LogP contribution in [0.4, 0.5) is 0 Å². The molecule has 102 valence electrons. The maximum absolute atomic E-state index is 10.3. The van der Waals surface area contributed by atoms with Gasteiger partial charge in [0.05, 0.1) is 18.8 Å². The number of aliphatic hydroxyl groups is 1. The second kappa shape index (κ2) is 7.01. The molecule has 1 saturated heterocycles. The van der Waals surface area contributed by atoms with Gasteiger partial charge in [-0.25, -0.2) is 0 Å². The molecule has 2 unspecified atom stereocenters. The fraction of sp³-hybridized carbons (Fsp3) is 0.692. The van der Waals surface area contributed by atoms with Crippen LogP contribution in [0.15, 0.2) is 15.9 Å². The molecule has 1 N–H and O–H groups in total. The summed E-state index contributed by atoms with van der Waals surface area (Å²) >= 11 is 5.18. The minimum absolute atomic E-state index is 0.0562. The lowest BCUT2D eigenvalue weighted by molar-refractivity contribution is -0.0875. The van der Waals surface area contributed by atoms with Crippen LogP contribution < -0.4 is 0 Å². The van der Waals surface area contributed by atoms with Gasteiger partial charge in [-0.15, -0.1) is 11.3 Å². The first-order valence-electron chi connectivity index (χ1n) is 6.44. The zero-order chi connectivity index (χ0) is 13.0. The average molecular weight is 334 g/mol. The molecule has 3 nitrogen and oxygen atoms in total. The monoisotopic (exact) mass is 333 g/mol. The molecule has 0 amide bonds. The van der Waals surface area contributed by atoms with Crippen molar-refractivity contribution < 1.29 is 9.84 Å². The number of nitrogens with zero attached hydrogens (tertiary/aromatic N) is 1. The number of halogens is 1. The van der Waals surface area contributed by atoms with Gasteiger partial charge in [0.1, 0.15) is 0 Å². The molecule has 2 atom stereocenters. The summed E-state index contributed by atoms with van der Waals surface area (Å²) in [4.78, 5) is 3.57. The molecule has 2 heterocycles. The van der Waals surface area contributed by atoms with Crippen LogP contribution in [0.25, 0.3) is 0 Å². The second-order valence-corrected chi connectivity index (χ2v) is 6.53. The van der Waals surface area contributed by atoms with E-state index in [0.29, 0.717) is 6.42 Å². The summed E-state index contributed by atoms with van der Waals surface area (Å²) in [6.07, 6.45) is 1.35. The first-order chi connectivity index (χ1) is 8.70. The molecule has 0 aliphatic carbocycles. The lowest BCUT2D eigenvalue weighted by Gasteiger charge is -2.35. The number of thiophene rings is 1. The molecule has 1 aliphatic rings. The molecule has 1 fully saturated rings. The Bertz CT molecular complexity index is 370. The first kappa shape index (κ1) is 14.5. The fourth-order valence-electron chi connectivity index (χ4n) is 2.28. The van der Waals surface area contributed by atoms with Gasteiger partial charge in [0, 0.05) is 28.9 Å². The summed E-state index contributed by atoms with van der Waals surface area (Å²) < 4.78 is 6.79. The minimum Gasteiger partial charge on any atom is -0.390 e. The van der Waals surface area contributed by atoms with Gasteiger partial charge in [0.15, 0.2) is 0 Å². The Hall–Kier alpha value is 0.0600. The molecule has 0 radical (unpaired) electrons. The normalized spacial score (nSPS) is 23.2. The van der Waals surface area contributed by atoms with E-state index < -0.39 is 6.10 Å². The van der Waals surface area contributed by atoms with Crippen LogP contribution in [0.2, 0.25) is 0 Å². The molecule has 1 aromatic heterocycles. The SMILES string of the molecule is CCCN1CCOC(C(O)Cc2sccc2Br)C1. The van der Waals surface area contributed by atoms with Crippen LogP contribution in [0.3, 0.4) is 0 Å². The molecular formula is C13H20BrNO2S. The van der Waals surface area contributed by atoms with Gasteiger partial charge in [0.25, 0.3) is 0 Å². The Labute approximate surface area is 121 Å². The molecule has 0 bridgehead atoms. The number of hydrogen-bond donors (Lipinski definition) is 1. The smallest absolute Gasteiger partial charge is 0.0964 e. The van der Waals surface area contributed by atoms with E-state index >= 15 is 0 Å². The largest absolute Gasteiger partial charge is 0.390 e. The second-order valence-electron chi connectivity index (χ2n) is 4.67. The van der Waals surface area contributed by atoms with Crippen molar-refractivity contribution in [2.24, 2.45) is 0 Å². The summed E-state index contributed by atoms with van der Waals surface area (Å²) in [5.41, 5.74) is 0. The van der Waals surface area contributed by atoms with Crippen molar-refractivity contribution in [2.45, 2.75) is 32.0 Å². The molecule has 0 saturated carbocycles. The van der Waals surface area contributed by atoms with Crippen molar-refractivity contribution in [3.05, 3.63) is 20.8 Å². The highest BCUT2D eigenvalue weighted by Crippen LogP contribution is 2.25. The maximum Gasteiger partial charge on any atom is 0.0964 e. The van der Waals surface area contributed by atoms with Crippen molar-refractivity contribution >= 4 is 27.3 Å². The van der Waals surface area contributed by atoms with Crippen LogP contribution in [0, 0.1) is 0 Å². The topological polar surface area (TPSA) is 32.7 Å². The van der Waals surface area contributed by atoms with Crippen molar-refractivity contribution in [1.29, 1.82) is 0 Å². The number of morpholine rings is 1. The van der Waals surface area contributed by atoms with Gasteiger partial charge in [-0.1, -0.05) is 6.92 Å². The van der Waals surface area contributed by atoms with Crippen LogP contribution >= 0.6 is 27.3 Å². The third-order valence-electron chi connectivity index (χ3n) is 3.23. The Morgan fingerprint density at radius 2 is 2.50 bits per heavy atom. The standard InChI is InChI=1S/C13H20BrNO2S/c1-2-4-15-5-6-17-12(9-15)11(16)8-13-10(14)3-7-18-13/h3,7,11-12,16H,2,4-6,8-9H2,1H3. The molecular weight excluding hydrogens is 314 g/mol. The molecule has 2 rings (SSSR count). The van der Waals surface area contributed by atoms with Crippen LogP contribution in [-0.4, -0.2) is 48.5 Å². The Kier molecular flexibility index (Phi) is 5.63. The van der Waals surface area contributed by atoms with Gasteiger partial charge in [-0.05, 0) is 40.3 Å². The summed E-state index contributed by atoms with van der Waals surface area (Å²) in [6.45, 7) is 5.84. The van der Waals surface area contributed by atoms with Crippen molar-refractivity contribution in [2.75, 3.05) is 26.2 Å². The zero-order valence-electron chi connectivity index (χ0n) is 10.6. The molecule has 1 aromatic rings. The van der Waals surface area contributed by atoms with Crippen molar-refractivity contribution in [1.82, 2.24) is 4.90 Å². The van der Waals surface area contributed by atoms with Crippen molar-refractivity contribution in [3.8, 4) is 0 Å². The Balaban J connectivity index is 1.88. The molecule has 1 aliphatic heterocycles. The number of aliphatic hydroxyl groups excluding tert-OH is 1. The van der Waals surface area contributed by atoms with E-state index in [4.69, 9.17) is 4.74 Å². The molecule has 0 aromatic carbocycles. The molecule has 18 heavy (non-hydrogen) atoms. The van der Waals surface area contributed by atoms with Crippen molar-refractivity contribution in [3.63, 3.8) is 0 Å². The highest BCUT2D eigenvalue weighted by Gasteiger charge is 2.27. The first-order valence-corrected chi connectivity index (χ1v) is 8.12. The number of rotatable bonds is 5. The van der Waals surface area contributed by atoms with E-state index in [9.17, 15) is 5.11 Å². The lowest BCUT2D eigenvalue weighted by atomic mass is 10.1. The predicted molar refractivity (Wildman–Crippen MR) is 78.2 cm³/mol. The van der Waals surface area contributed by atoms with E-state index in [1.165, 1.54) is 4.88 Å². The van der Waals surface area contributed by atoms with Gasteiger partial charge in [-0.3, -0.25) is 4.90 Å². The Morgan fingerprint density at radius 3 is 3.17 bits per heavy atom. The fourth-order valence-corrected chi connectivity index (χ4v) is 3.84. The average Bonchev–Trinajstić information content (AvgIpc) is 2.76.